The molecule has 6 heterocycles. The molecule has 4 atom stereocenters. The zero-order valence-electron chi connectivity index (χ0n) is 29.9. The van der Waals surface area contributed by atoms with Gasteiger partial charge in [-0.25, -0.2) is 13.2 Å². The number of alkyl halides is 1. The lowest BCUT2D eigenvalue weighted by molar-refractivity contribution is 0.107. The summed E-state index contributed by atoms with van der Waals surface area (Å²) < 4.78 is 65.6. The van der Waals surface area contributed by atoms with Gasteiger partial charge in [-0.3, -0.25) is 9.80 Å². The minimum Gasteiger partial charge on any atom is -0.508 e. The third-order valence-corrected chi connectivity index (χ3v) is 12.0. The second kappa shape index (κ2) is 13.1. The summed E-state index contributed by atoms with van der Waals surface area (Å²) in [5, 5.41) is 12.6. The molecule has 4 fully saturated rings. The molecule has 12 heteroatoms. The predicted molar refractivity (Wildman–Crippen MR) is 197 cm³/mol. The van der Waals surface area contributed by atoms with Crippen LogP contribution in [0.3, 0.4) is 0 Å². The highest BCUT2D eigenvalue weighted by molar-refractivity contribution is 6.18. The Labute approximate surface area is 305 Å². The number of aryl methyl sites for hydroxylation is 1. The molecule has 4 aliphatic heterocycles. The number of anilines is 1. The summed E-state index contributed by atoms with van der Waals surface area (Å²) in [6.07, 6.45) is 10.0. The van der Waals surface area contributed by atoms with Crippen molar-refractivity contribution >= 4 is 38.5 Å². The molecule has 53 heavy (non-hydrogen) atoms. The molecule has 2 bridgehead atoms. The van der Waals surface area contributed by atoms with E-state index in [4.69, 9.17) is 30.3 Å². The normalized spacial score (nSPS) is 24.5. The highest BCUT2D eigenvalue weighted by atomic mass is 19.1. The van der Waals surface area contributed by atoms with Gasteiger partial charge in [0.2, 0.25) is 0 Å². The SMILES string of the molecule is C#Cc1c(F)ccc2cc(O)cc(-c3c(F)c4nc(OC[C@@]56CCCN5C[C@H](F)C6)nc(N5CC6CCC(C5)N6CCCOC)c4c4cc(C)oc34)c12. The van der Waals surface area contributed by atoms with Crippen LogP contribution in [-0.4, -0.2) is 102 Å². The standard InChI is InChI=1S/C41H42F3N5O4/c1-4-29-32(43)10-7-24-16-28(50)17-30(33(24)29)34-36(44)37-35(31-15-23(2)53-38(31)34)39(47-20-26-8-9-27(21-47)49(26)13-6-14-51-3)46-40(45-37)52-22-41-11-5-12-48(41)19-25(42)18-41/h1,7,10,15-17,25-27,50H,5-6,8-9,11-14,18-22H2,2-3H3/t25-,26?,27?,41+/m1/s1. The number of aromatic nitrogens is 2. The van der Waals surface area contributed by atoms with Crippen molar-refractivity contribution in [3.05, 3.63) is 53.3 Å². The predicted octanol–water partition coefficient (Wildman–Crippen LogP) is 7.11. The van der Waals surface area contributed by atoms with E-state index >= 15 is 8.78 Å². The van der Waals surface area contributed by atoms with E-state index in [1.165, 1.54) is 24.3 Å². The smallest absolute Gasteiger partial charge is 0.319 e. The van der Waals surface area contributed by atoms with Gasteiger partial charge in [-0.15, -0.1) is 6.42 Å². The van der Waals surface area contributed by atoms with Crippen LogP contribution in [0.25, 0.3) is 43.8 Å². The minimum atomic E-state index is -0.935. The highest BCUT2D eigenvalue weighted by Gasteiger charge is 2.49. The van der Waals surface area contributed by atoms with Gasteiger partial charge in [0.25, 0.3) is 0 Å². The van der Waals surface area contributed by atoms with E-state index in [0.29, 0.717) is 60.4 Å². The van der Waals surface area contributed by atoms with Crippen LogP contribution in [0.2, 0.25) is 0 Å². The summed E-state index contributed by atoms with van der Waals surface area (Å²) in [7, 11) is 1.72. The lowest BCUT2D eigenvalue weighted by Gasteiger charge is -2.42. The monoisotopic (exact) mass is 725 g/mol. The van der Waals surface area contributed by atoms with Crippen LogP contribution in [0.1, 0.15) is 49.8 Å². The molecular weight excluding hydrogens is 683 g/mol. The molecule has 5 aromatic rings. The number of phenols is 1. The first kappa shape index (κ1) is 34.2. The molecule has 9 rings (SSSR count). The van der Waals surface area contributed by atoms with Crippen LogP contribution in [0.4, 0.5) is 19.0 Å². The Kier molecular flexibility index (Phi) is 8.44. The lowest BCUT2D eigenvalue weighted by Crippen LogP contribution is -2.54. The number of halogens is 3. The largest absolute Gasteiger partial charge is 0.508 e. The van der Waals surface area contributed by atoms with Gasteiger partial charge in [0.1, 0.15) is 47.0 Å². The number of ether oxygens (including phenoxy) is 2. The van der Waals surface area contributed by atoms with Crippen LogP contribution in [0.15, 0.2) is 34.7 Å². The van der Waals surface area contributed by atoms with E-state index in [2.05, 4.69) is 20.6 Å². The number of furan rings is 1. The first-order valence-electron chi connectivity index (χ1n) is 18.5. The van der Waals surface area contributed by atoms with Gasteiger partial charge in [-0.05, 0) is 75.2 Å². The number of rotatable bonds is 9. The highest BCUT2D eigenvalue weighted by Crippen LogP contribution is 2.47. The van der Waals surface area contributed by atoms with Gasteiger partial charge in [0.15, 0.2) is 5.82 Å². The molecule has 2 unspecified atom stereocenters. The number of fused-ring (bicyclic) bond motifs is 7. The number of methoxy groups -OCH3 is 1. The number of piperazine rings is 1. The third kappa shape index (κ3) is 5.58. The Hall–Kier alpha value is -4.57. The van der Waals surface area contributed by atoms with Gasteiger partial charge in [-0.2, -0.15) is 9.97 Å². The lowest BCUT2D eigenvalue weighted by atomic mass is 9.91. The average molecular weight is 726 g/mol. The second-order valence-electron chi connectivity index (χ2n) is 15.2. The summed E-state index contributed by atoms with van der Waals surface area (Å²) in [6, 6.07) is 8.00. The molecule has 4 aliphatic rings. The zero-order valence-corrected chi connectivity index (χ0v) is 29.9. The summed E-state index contributed by atoms with van der Waals surface area (Å²) >= 11 is 0. The Balaban J connectivity index is 1.24. The Bertz CT molecular complexity index is 2290. The summed E-state index contributed by atoms with van der Waals surface area (Å²) in [4.78, 5) is 16.7. The topological polar surface area (TPSA) is 87.3 Å². The van der Waals surface area contributed by atoms with E-state index in [9.17, 15) is 9.50 Å². The first-order chi connectivity index (χ1) is 25.7. The Morgan fingerprint density at radius 2 is 1.91 bits per heavy atom. The maximum absolute atomic E-state index is 17.7. The van der Waals surface area contributed by atoms with Crippen LogP contribution < -0.4 is 9.64 Å². The van der Waals surface area contributed by atoms with Crippen molar-refractivity contribution in [2.24, 2.45) is 0 Å². The van der Waals surface area contributed by atoms with E-state index in [1.807, 2.05) is 6.07 Å². The molecule has 3 aromatic carbocycles. The second-order valence-corrected chi connectivity index (χ2v) is 15.2. The van der Waals surface area contributed by atoms with E-state index in [0.717, 1.165) is 45.2 Å². The number of terminal acetylenes is 1. The van der Waals surface area contributed by atoms with Crippen molar-refractivity contribution in [3.63, 3.8) is 0 Å². The molecule has 2 aromatic heterocycles. The van der Waals surface area contributed by atoms with Crippen molar-refractivity contribution in [2.75, 3.05) is 57.9 Å². The molecular formula is C41H42F3N5O4. The van der Waals surface area contributed by atoms with Gasteiger partial charge >= 0.3 is 6.01 Å². The number of phenolic OH excluding ortho intramolecular Hbond substituents is 1. The third-order valence-electron chi connectivity index (χ3n) is 12.0. The maximum atomic E-state index is 17.7. The number of hydrogen-bond donors (Lipinski definition) is 1. The summed E-state index contributed by atoms with van der Waals surface area (Å²) in [5.74, 6) is 1.98. The molecule has 0 amide bonds. The fourth-order valence-electron chi connectivity index (χ4n) is 9.80. The van der Waals surface area contributed by atoms with Crippen LogP contribution in [0.5, 0.6) is 11.8 Å². The molecule has 276 valence electrons. The van der Waals surface area contributed by atoms with Crippen molar-refractivity contribution in [1.82, 2.24) is 19.8 Å². The summed E-state index contributed by atoms with van der Waals surface area (Å²) in [6.45, 7) is 6.13. The Morgan fingerprint density at radius 1 is 1.09 bits per heavy atom. The van der Waals surface area contributed by atoms with Crippen molar-refractivity contribution in [2.45, 2.75) is 69.2 Å². The Morgan fingerprint density at radius 3 is 2.68 bits per heavy atom. The molecule has 0 spiro atoms. The van der Waals surface area contributed by atoms with Crippen LogP contribution in [0, 0.1) is 30.9 Å². The van der Waals surface area contributed by atoms with Gasteiger partial charge < -0.3 is 23.9 Å². The fraction of sp³-hybridized carbons (Fsp3) is 0.463. The molecule has 1 N–H and O–H groups in total. The molecule has 9 nitrogen and oxygen atoms in total. The van der Waals surface area contributed by atoms with Gasteiger partial charge in [0, 0.05) is 74.7 Å². The quantitative estimate of drug-likeness (QED) is 0.126. The number of aromatic hydroxyl groups is 1. The number of hydrogen-bond acceptors (Lipinski definition) is 9. The summed E-state index contributed by atoms with van der Waals surface area (Å²) in [5.41, 5.74) is -0.115. The number of nitrogens with zero attached hydrogens (tertiary/aromatic N) is 5. The average Bonchev–Trinajstić information content (AvgIpc) is 3.85. The van der Waals surface area contributed by atoms with Crippen molar-refractivity contribution in [1.29, 1.82) is 0 Å². The van der Waals surface area contributed by atoms with Gasteiger partial charge in [0.05, 0.1) is 22.1 Å². The van der Waals surface area contributed by atoms with E-state index in [-0.39, 0.29) is 63.6 Å². The zero-order chi connectivity index (χ0) is 36.6. The van der Waals surface area contributed by atoms with E-state index < -0.39 is 23.3 Å². The first-order valence-corrected chi connectivity index (χ1v) is 18.5. The molecule has 0 radical (unpaired) electrons. The molecule has 0 saturated carbocycles. The van der Waals surface area contributed by atoms with Crippen molar-refractivity contribution < 1.29 is 32.2 Å². The van der Waals surface area contributed by atoms with E-state index in [1.54, 1.807) is 14.0 Å². The van der Waals surface area contributed by atoms with Crippen molar-refractivity contribution in [3.8, 4) is 35.2 Å². The fourth-order valence-corrected chi connectivity index (χ4v) is 9.80. The molecule has 0 aliphatic carbocycles. The molecule has 4 saturated heterocycles. The van der Waals surface area contributed by atoms with Crippen LogP contribution in [-0.2, 0) is 4.74 Å². The number of benzene rings is 3. The minimum absolute atomic E-state index is 0.00106. The maximum Gasteiger partial charge on any atom is 0.319 e. The van der Waals surface area contributed by atoms with Crippen LogP contribution >= 0.6 is 0 Å². The van der Waals surface area contributed by atoms with Gasteiger partial charge in [-0.1, -0.05) is 12.0 Å².